The molecule has 2 unspecified atom stereocenters. The zero-order valence-electron chi connectivity index (χ0n) is 9.66. The molecule has 84 valence electrons. The van der Waals surface area contributed by atoms with E-state index in [2.05, 4.69) is 17.4 Å². The Bertz CT molecular complexity index is 282. The van der Waals surface area contributed by atoms with Gasteiger partial charge in [0.1, 0.15) is 5.75 Å². The van der Waals surface area contributed by atoms with Crippen LogP contribution in [0.1, 0.15) is 24.9 Å². The van der Waals surface area contributed by atoms with Crippen LogP contribution in [0.15, 0.2) is 24.3 Å². The van der Waals surface area contributed by atoms with Gasteiger partial charge in [0.2, 0.25) is 0 Å². The molecule has 0 saturated carbocycles. The zero-order chi connectivity index (χ0) is 11.3. The molecule has 0 aromatic heterocycles. The van der Waals surface area contributed by atoms with Crippen LogP contribution in [0.5, 0.6) is 5.75 Å². The fraction of sp³-hybridized carbons (Fsp3) is 0.500. The molecule has 0 aliphatic carbocycles. The normalized spacial score (nSPS) is 14.7. The van der Waals surface area contributed by atoms with Crippen LogP contribution in [0.2, 0.25) is 0 Å². The summed E-state index contributed by atoms with van der Waals surface area (Å²) in [6.45, 7) is 2.02. The van der Waals surface area contributed by atoms with Crippen LogP contribution >= 0.6 is 0 Å². The van der Waals surface area contributed by atoms with E-state index in [1.807, 2.05) is 26.1 Å². The molecule has 3 heteroatoms. The average Bonchev–Trinajstić information content (AvgIpc) is 2.26. The quantitative estimate of drug-likeness (QED) is 0.774. The monoisotopic (exact) mass is 208 g/mol. The van der Waals surface area contributed by atoms with Crippen molar-refractivity contribution >= 4 is 0 Å². The molecule has 0 fully saturated rings. The zero-order valence-corrected chi connectivity index (χ0v) is 9.66. The SMILES string of the molecule is CNC(CC(C)N)c1ccc(OC)cc1. The van der Waals surface area contributed by atoms with E-state index in [1.54, 1.807) is 7.11 Å². The van der Waals surface area contributed by atoms with Crippen LogP contribution in [-0.2, 0) is 0 Å². The molecule has 0 bridgehead atoms. The maximum absolute atomic E-state index is 5.80. The summed E-state index contributed by atoms with van der Waals surface area (Å²) in [6.07, 6.45) is 0.933. The first-order valence-electron chi connectivity index (χ1n) is 5.24. The number of nitrogens with one attached hydrogen (secondary N) is 1. The van der Waals surface area contributed by atoms with Crippen LogP contribution in [0, 0.1) is 0 Å². The summed E-state index contributed by atoms with van der Waals surface area (Å²) in [5.74, 6) is 0.884. The van der Waals surface area contributed by atoms with Crippen molar-refractivity contribution in [2.75, 3.05) is 14.2 Å². The van der Waals surface area contributed by atoms with Gasteiger partial charge in [-0.05, 0) is 38.1 Å². The van der Waals surface area contributed by atoms with Crippen molar-refractivity contribution < 1.29 is 4.74 Å². The maximum atomic E-state index is 5.80. The third-order valence-electron chi connectivity index (χ3n) is 2.47. The van der Waals surface area contributed by atoms with Crippen molar-refractivity contribution in [1.82, 2.24) is 5.32 Å². The van der Waals surface area contributed by atoms with Gasteiger partial charge in [-0.25, -0.2) is 0 Å². The Morgan fingerprint density at radius 3 is 2.33 bits per heavy atom. The van der Waals surface area contributed by atoms with Gasteiger partial charge in [-0.1, -0.05) is 12.1 Å². The highest BCUT2D eigenvalue weighted by Gasteiger charge is 2.10. The van der Waals surface area contributed by atoms with E-state index >= 15 is 0 Å². The van der Waals surface area contributed by atoms with Crippen LogP contribution in [-0.4, -0.2) is 20.2 Å². The largest absolute Gasteiger partial charge is 0.497 e. The summed E-state index contributed by atoms with van der Waals surface area (Å²) >= 11 is 0. The van der Waals surface area contributed by atoms with Crippen LogP contribution < -0.4 is 15.8 Å². The second-order valence-electron chi connectivity index (χ2n) is 3.83. The highest BCUT2D eigenvalue weighted by atomic mass is 16.5. The Balaban J connectivity index is 2.74. The third kappa shape index (κ3) is 3.53. The van der Waals surface area contributed by atoms with Gasteiger partial charge < -0.3 is 15.8 Å². The second-order valence-corrected chi connectivity index (χ2v) is 3.83. The first kappa shape index (κ1) is 12.0. The fourth-order valence-corrected chi connectivity index (χ4v) is 1.63. The summed E-state index contributed by atoms with van der Waals surface area (Å²) in [7, 11) is 3.63. The minimum atomic E-state index is 0.199. The smallest absolute Gasteiger partial charge is 0.118 e. The van der Waals surface area contributed by atoms with Gasteiger partial charge in [-0.3, -0.25) is 0 Å². The minimum absolute atomic E-state index is 0.199. The lowest BCUT2D eigenvalue weighted by Crippen LogP contribution is -2.25. The molecule has 15 heavy (non-hydrogen) atoms. The summed E-state index contributed by atoms with van der Waals surface area (Å²) in [6, 6.07) is 8.60. The van der Waals surface area contributed by atoms with E-state index in [-0.39, 0.29) is 6.04 Å². The fourth-order valence-electron chi connectivity index (χ4n) is 1.63. The van der Waals surface area contributed by atoms with Gasteiger partial charge in [0.15, 0.2) is 0 Å². The Kier molecular flexibility index (Phi) is 4.59. The number of ether oxygens (including phenoxy) is 1. The lowest BCUT2D eigenvalue weighted by Gasteiger charge is -2.18. The topological polar surface area (TPSA) is 47.3 Å². The molecule has 0 aliphatic rings. The molecule has 3 nitrogen and oxygen atoms in total. The molecule has 1 rings (SSSR count). The van der Waals surface area contributed by atoms with Crippen molar-refractivity contribution in [3.63, 3.8) is 0 Å². The van der Waals surface area contributed by atoms with Crippen molar-refractivity contribution in [2.24, 2.45) is 5.73 Å². The van der Waals surface area contributed by atoms with Gasteiger partial charge in [0.25, 0.3) is 0 Å². The summed E-state index contributed by atoms with van der Waals surface area (Å²) < 4.78 is 5.12. The molecular formula is C12H20N2O. The number of nitrogens with two attached hydrogens (primary N) is 1. The van der Waals surface area contributed by atoms with E-state index in [9.17, 15) is 0 Å². The molecule has 0 saturated heterocycles. The molecule has 1 aromatic carbocycles. The Hall–Kier alpha value is -1.06. The summed E-state index contributed by atoms with van der Waals surface area (Å²) in [5, 5.41) is 3.27. The number of hydrogen-bond donors (Lipinski definition) is 2. The average molecular weight is 208 g/mol. The predicted molar refractivity (Wildman–Crippen MR) is 63.1 cm³/mol. The molecule has 0 amide bonds. The Morgan fingerprint density at radius 1 is 1.33 bits per heavy atom. The minimum Gasteiger partial charge on any atom is -0.497 e. The highest BCUT2D eigenvalue weighted by molar-refractivity contribution is 5.29. The van der Waals surface area contributed by atoms with E-state index in [0.717, 1.165) is 12.2 Å². The Morgan fingerprint density at radius 2 is 1.93 bits per heavy atom. The predicted octanol–water partition coefficient (Wildman–Crippen LogP) is 1.69. The van der Waals surface area contributed by atoms with Gasteiger partial charge in [0.05, 0.1) is 7.11 Å². The molecular weight excluding hydrogens is 188 g/mol. The van der Waals surface area contributed by atoms with Crippen LogP contribution in [0.4, 0.5) is 0 Å². The van der Waals surface area contributed by atoms with Gasteiger partial charge >= 0.3 is 0 Å². The molecule has 0 radical (unpaired) electrons. The van der Waals surface area contributed by atoms with Gasteiger partial charge in [-0.2, -0.15) is 0 Å². The maximum Gasteiger partial charge on any atom is 0.118 e. The number of benzene rings is 1. The first-order chi connectivity index (χ1) is 7.17. The lowest BCUT2D eigenvalue weighted by atomic mass is 10.0. The molecule has 0 spiro atoms. The van der Waals surface area contributed by atoms with Crippen molar-refractivity contribution in [2.45, 2.75) is 25.4 Å². The van der Waals surface area contributed by atoms with Crippen molar-refractivity contribution in [3.8, 4) is 5.75 Å². The first-order valence-corrected chi connectivity index (χ1v) is 5.24. The van der Waals surface area contributed by atoms with E-state index < -0.39 is 0 Å². The van der Waals surface area contributed by atoms with Gasteiger partial charge in [-0.15, -0.1) is 0 Å². The number of rotatable bonds is 5. The number of hydrogen-bond acceptors (Lipinski definition) is 3. The second kappa shape index (κ2) is 5.73. The molecule has 2 atom stereocenters. The Labute approximate surface area is 91.6 Å². The van der Waals surface area contributed by atoms with E-state index in [0.29, 0.717) is 6.04 Å². The van der Waals surface area contributed by atoms with Crippen molar-refractivity contribution in [3.05, 3.63) is 29.8 Å². The molecule has 3 N–H and O–H groups in total. The van der Waals surface area contributed by atoms with Gasteiger partial charge in [0, 0.05) is 12.1 Å². The molecule has 0 aliphatic heterocycles. The van der Waals surface area contributed by atoms with Crippen LogP contribution in [0.25, 0.3) is 0 Å². The molecule has 0 heterocycles. The lowest BCUT2D eigenvalue weighted by molar-refractivity contribution is 0.414. The third-order valence-corrected chi connectivity index (χ3v) is 2.47. The summed E-state index contributed by atoms with van der Waals surface area (Å²) in [5.41, 5.74) is 7.04. The molecule has 1 aromatic rings. The van der Waals surface area contributed by atoms with Crippen LogP contribution in [0.3, 0.4) is 0 Å². The van der Waals surface area contributed by atoms with E-state index in [1.165, 1.54) is 5.56 Å². The standard InChI is InChI=1S/C12H20N2O/c1-9(13)8-12(14-2)10-4-6-11(15-3)7-5-10/h4-7,9,12,14H,8,13H2,1-3H3. The summed E-state index contributed by atoms with van der Waals surface area (Å²) in [4.78, 5) is 0. The highest BCUT2D eigenvalue weighted by Crippen LogP contribution is 2.20. The number of methoxy groups -OCH3 is 1. The van der Waals surface area contributed by atoms with Crippen molar-refractivity contribution in [1.29, 1.82) is 0 Å². The van der Waals surface area contributed by atoms with E-state index in [4.69, 9.17) is 10.5 Å².